The largest absolute Gasteiger partial charge is 0.349 e. The van der Waals surface area contributed by atoms with Gasteiger partial charge in [-0.05, 0) is 19.9 Å². The van der Waals surface area contributed by atoms with Gasteiger partial charge in [-0.15, -0.1) is 11.3 Å². The minimum atomic E-state index is -3.48. The van der Waals surface area contributed by atoms with E-state index in [2.05, 4.69) is 5.32 Å². The second kappa shape index (κ2) is 6.49. The molecule has 0 unspecified atom stereocenters. The molecule has 0 aliphatic heterocycles. The van der Waals surface area contributed by atoms with Crippen molar-refractivity contribution >= 4 is 27.3 Å². The first-order chi connectivity index (χ1) is 8.82. The van der Waals surface area contributed by atoms with E-state index in [1.807, 2.05) is 13.8 Å². The molecule has 1 amide bonds. The predicted molar refractivity (Wildman–Crippen MR) is 77.0 cm³/mol. The SMILES string of the molecule is CCN(CC)S(=O)(=O)c1csc(C(=O)NC(C)C)c1. The standard InChI is InChI=1S/C12H20N2O3S2/c1-5-14(6-2)19(16,17)10-7-11(18-8-10)12(15)13-9(3)4/h7-9H,5-6H2,1-4H3,(H,13,15). The van der Waals surface area contributed by atoms with Gasteiger partial charge in [0.2, 0.25) is 10.0 Å². The van der Waals surface area contributed by atoms with Crippen molar-refractivity contribution < 1.29 is 13.2 Å². The predicted octanol–water partition coefficient (Wildman–Crippen LogP) is 1.92. The lowest BCUT2D eigenvalue weighted by Gasteiger charge is -2.17. The first kappa shape index (κ1) is 16.1. The number of sulfonamides is 1. The number of thiophene rings is 1. The molecule has 0 spiro atoms. The summed E-state index contributed by atoms with van der Waals surface area (Å²) in [5.74, 6) is -0.235. The lowest BCUT2D eigenvalue weighted by Crippen LogP contribution is -2.31. The molecule has 0 bridgehead atoms. The molecule has 0 fully saturated rings. The Bertz CT molecular complexity index is 531. The summed E-state index contributed by atoms with van der Waals surface area (Å²) in [4.78, 5) is 12.4. The number of carbonyl (C=O) groups is 1. The molecule has 1 heterocycles. The highest BCUT2D eigenvalue weighted by molar-refractivity contribution is 7.89. The average molecular weight is 304 g/mol. The van der Waals surface area contributed by atoms with E-state index in [0.717, 1.165) is 11.3 Å². The second-order valence-corrected chi connectivity index (χ2v) is 7.21. The molecule has 0 atom stereocenters. The Labute approximate surface area is 118 Å². The minimum Gasteiger partial charge on any atom is -0.349 e. The van der Waals surface area contributed by atoms with Crippen LogP contribution in [0.2, 0.25) is 0 Å². The van der Waals surface area contributed by atoms with Gasteiger partial charge in [-0.3, -0.25) is 4.79 Å². The number of hydrogen-bond acceptors (Lipinski definition) is 4. The normalized spacial score (nSPS) is 12.1. The van der Waals surface area contributed by atoms with Crippen LogP contribution in [0.4, 0.5) is 0 Å². The number of nitrogens with one attached hydrogen (secondary N) is 1. The zero-order valence-corrected chi connectivity index (χ0v) is 13.3. The van der Waals surface area contributed by atoms with Crippen molar-refractivity contribution in [3.63, 3.8) is 0 Å². The molecule has 0 aromatic carbocycles. The second-order valence-electron chi connectivity index (χ2n) is 4.36. The smallest absolute Gasteiger partial charge is 0.261 e. The van der Waals surface area contributed by atoms with Crippen LogP contribution in [0.3, 0.4) is 0 Å². The Morgan fingerprint density at radius 1 is 1.37 bits per heavy atom. The highest BCUT2D eigenvalue weighted by Gasteiger charge is 2.24. The lowest BCUT2D eigenvalue weighted by molar-refractivity contribution is 0.0947. The monoisotopic (exact) mass is 304 g/mol. The maximum atomic E-state index is 12.3. The van der Waals surface area contributed by atoms with Crippen LogP contribution in [0, 0.1) is 0 Å². The first-order valence-electron chi connectivity index (χ1n) is 6.22. The minimum absolute atomic E-state index is 0.0254. The number of carbonyl (C=O) groups excluding carboxylic acids is 1. The van der Waals surface area contributed by atoms with E-state index in [9.17, 15) is 13.2 Å². The van der Waals surface area contributed by atoms with Crippen molar-refractivity contribution in [2.24, 2.45) is 0 Å². The molecule has 0 aliphatic carbocycles. The number of rotatable bonds is 6. The molecule has 1 aromatic heterocycles. The molecule has 5 nitrogen and oxygen atoms in total. The van der Waals surface area contributed by atoms with Crippen molar-refractivity contribution in [1.29, 1.82) is 0 Å². The van der Waals surface area contributed by atoms with Gasteiger partial charge in [0, 0.05) is 24.5 Å². The van der Waals surface area contributed by atoms with Gasteiger partial charge < -0.3 is 5.32 Å². The topological polar surface area (TPSA) is 66.5 Å². The van der Waals surface area contributed by atoms with Crippen molar-refractivity contribution in [3.05, 3.63) is 16.3 Å². The van der Waals surface area contributed by atoms with E-state index in [1.165, 1.54) is 15.8 Å². The van der Waals surface area contributed by atoms with Gasteiger partial charge >= 0.3 is 0 Å². The van der Waals surface area contributed by atoms with Crippen molar-refractivity contribution in [2.45, 2.75) is 38.6 Å². The maximum Gasteiger partial charge on any atom is 0.261 e. The van der Waals surface area contributed by atoms with Gasteiger partial charge in [-0.2, -0.15) is 4.31 Å². The lowest BCUT2D eigenvalue weighted by atomic mass is 10.3. The summed E-state index contributed by atoms with van der Waals surface area (Å²) in [6.07, 6.45) is 0. The number of hydrogen-bond donors (Lipinski definition) is 1. The molecule has 1 N–H and O–H groups in total. The highest BCUT2D eigenvalue weighted by atomic mass is 32.2. The molecular weight excluding hydrogens is 284 g/mol. The van der Waals surface area contributed by atoms with Gasteiger partial charge in [0.25, 0.3) is 5.91 Å². The summed E-state index contributed by atoms with van der Waals surface area (Å²) < 4.78 is 25.9. The van der Waals surface area contributed by atoms with Crippen LogP contribution in [0.1, 0.15) is 37.4 Å². The van der Waals surface area contributed by atoms with Crippen molar-refractivity contribution in [1.82, 2.24) is 9.62 Å². The van der Waals surface area contributed by atoms with E-state index in [1.54, 1.807) is 13.8 Å². The third kappa shape index (κ3) is 3.77. The van der Waals surface area contributed by atoms with E-state index >= 15 is 0 Å². The molecule has 1 rings (SSSR count). The summed E-state index contributed by atoms with van der Waals surface area (Å²) in [5.41, 5.74) is 0. The quantitative estimate of drug-likeness (QED) is 0.873. The molecule has 0 saturated heterocycles. The molecule has 1 aromatic rings. The first-order valence-corrected chi connectivity index (χ1v) is 8.54. The molecule has 108 valence electrons. The third-order valence-corrected chi connectivity index (χ3v) is 5.67. The van der Waals surface area contributed by atoms with Gasteiger partial charge in [0.1, 0.15) is 0 Å². The zero-order chi connectivity index (χ0) is 14.6. The summed E-state index contributed by atoms with van der Waals surface area (Å²) >= 11 is 1.15. The molecule has 0 aliphatic rings. The fourth-order valence-electron chi connectivity index (χ4n) is 1.62. The van der Waals surface area contributed by atoms with Gasteiger partial charge in [-0.25, -0.2) is 8.42 Å². The Morgan fingerprint density at radius 3 is 2.42 bits per heavy atom. The van der Waals surface area contributed by atoms with Gasteiger partial charge in [-0.1, -0.05) is 13.8 Å². The van der Waals surface area contributed by atoms with Crippen molar-refractivity contribution in [2.75, 3.05) is 13.1 Å². The Kier molecular flexibility index (Phi) is 5.51. The van der Waals surface area contributed by atoms with Gasteiger partial charge in [0.05, 0.1) is 9.77 Å². The van der Waals surface area contributed by atoms with Gasteiger partial charge in [0.15, 0.2) is 0 Å². The van der Waals surface area contributed by atoms with Crippen LogP contribution < -0.4 is 5.32 Å². The van der Waals surface area contributed by atoms with Crippen LogP contribution in [0.15, 0.2) is 16.3 Å². The molecule has 19 heavy (non-hydrogen) atoms. The fourth-order valence-corrected chi connectivity index (χ4v) is 4.24. The van der Waals surface area contributed by atoms with Crippen LogP contribution in [-0.4, -0.2) is 37.8 Å². The van der Waals surface area contributed by atoms with Crippen molar-refractivity contribution in [3.8, 4) is 0 Å². The third-order valence-electron chi connectivity index (χ3n) is 2.56. The Morgan fingerprint density at radius 2 is 1.95 bits per heavy atom. The zero-order valence-electron chi connectivity index (χ0n) is 11.6. The fraction of sp³-hybridized carbons (Fsp3) is 0.583. The number of nitrogens with zero attached hydrogens (tertiary/aromatic N) is 1. The van der Waals surface area contributed by atoms with E-state index in [4.69, 9.17) is 0 Å². The average Bonchev–Trinajstić information content (AvgIpc) is 2.79. The van der Waals surface area contributed by atoms with E-state index in [0.29, 0.717) is 18.0 Å². The summed E-state index contributed by atoms with van der Waals surface area (Å²) in [7, 11) is -3.48. The van der Waals surface area contributed by atoms with Crippen LogP contribution in [0.5, 0.6) is 0 Å². The summed E-state index contributed by atoms with van der Waals surface area (Å²) in [6.45, 7) is 8.14. The summed E-state index contributed by atoms with van der Waals surface area (Å²) in [6, 6.07) is 1.47. The van der Waals surface area contributed by atoms with Crippen LogP contribution >= 0.6 is 11.3 Å². The van der Waals surface area contributed by atoms with Crippen LogP contribution in [0.25, 0.3) is 0 Å². The molecule has 7 heteroatoms. The van der Waals surface area contributed by atoms with E-state index < -0.39 is 10.0 Å². The Balaban J connectivity index is 2.99. The van der Waals surface area contributed by atoms with Crippen LogP contribution in [-0.2, 0) is 10.0 Å². The van der Waals surface area contributed by atoms with E-state index in [-0.39, 0.29) is 16.8 Å². The molecule has 0 saturated carbocycles. The maximum absolute atomic E-state index is 12.3. The highest BCUT2D eigenvalue weighted by Crippen LogP contribution is 2.22. The molecule has 0 radical (unpaired) electrons. The molecular formula is C12H20N2O3S2. The Hall–Kier alpha value is -0.920. The number of amides is 1. The summed E-state index contributed by atoms with van der Waals surface area (Å²) in [5, 5.41) is 4.26.